The summed E-state index contributed by atoms with van der Waals surface area (Å²) in [5.74, 6) is 0.940. The topological polar surface area (TPSA) is 26.3 Å². The molecular weight excluding hydrogens is 196 g/mol. The van der Waals surface area contributed by atoms with Gasteiger partial charge >= 0.3 is 5.97 Å². The van der Waals surface area contributed by atoms with Crippen LogP contribution in [0, 0.1) is 0 Å². The molecule has 0 aromatic carbocycles. The molecule has 0 bridgehead atoms. The fourth-order valence-corrected chi connectivity index (χ4v) is 1.85. The zero-order chi connectivity index (χ0) is 11.2. The van der Waals surface area contributed by atoms with Crippen LogP contribution in [0.3, 0.4) is 0 Å². The second kappa shape index (κ2) is 6.33. The van der Waals surface area contributed by atoms with Crippen molar-refractivity contribution in [2.24, 2.45) is 0 Å². The highest BCUT2D eigenvalue weighted by Gasteiger charge is 2.21. The molecule has 2 nitrogen and oxygen atoms in total. The van der Waals surface area contributed by atoms with Crippen LogP contribution in [-0.4, -0.2) is 22.6 Å². The molecule has 0 N–H and O–H groups in total. The quantitative estimate of drug-likeness (QED) is 0.523. The molecular formula is C11H22O2S. The Bertz CT molecular complexity index is 173. The number of unbranched alkanes of at least 4 members (excludes halogenated alkanes) is 1. The molecule has 0 saturated heterocycles. The van der Waals surface area contributed by atoms with E-state index in [1.807, 2.05) is 27.7 Å². The van der Waals surface area contributed by atoms with E-state index in [4.69, 9.17) is 4.74 Å². The van der Waals surface area contributed by atoms with Crippen LogP contribution in [0.5, 0.6) is 0 Å². The van der Waals surface area contributed by atoms with Gasteiger partial charge in [0.25, 0.3) is 0 Å². The lowest BCUT2D eigenvalue weighted by atomic mass is 10.2. The normalized spacial score (nSPS) is 13.8. The molecule has 84 valence electrons. The summed E-state index contributed by atoms with van der Waals surface area (Å²) in [5, 5.41) is -0.0409. The lowest BCUT2D eigenvalue weighted by Crippen LogP contribution is -2.29. The van der Waals surface area contributed by atoms with Crippen molar-refractivity contribution in [1.29, 1.82) is 0 Å². The van der Waals surface area contributed by atoms with Gasteiger partial charge in [0.05, 0.1) is 5.25 Å². The number of esters is 1. The number of carbonyl (C=O) groups is 1. The second-order valence-corrected chi connectivity index (χ2v) is 5.85. The van der Waals surface area contributed by atoms with Gasteiger partial charge in [0, 0.05) is 0 Å². The van der Waals surface area contributed by atoms with Crippen LogP contribution in [0.25, 0.3) is 0 Å². The Labute approximate surface area is 91.8 Å². The van der Waals surface area contributed by atoms with Gasteiger partial charge in [-0.1, -0.05) is 13.3 Å². The SMILES string of the molecule is CCCCSC(C)C(=O)OC(C)(C)C. The zero-order valence-electron chi connectivity index (χ0n) is 9.92. The van der Waals surface area contributed by atoms with Crippen molar-refractivity contribution in [2.75, 3.05) is 5.75 Å². The predicted octanol–water partition coefficient (Wildman–Crippen LogP) is 3.25. The third-order valence-corrected chi connectivity index (χ3v) is 2.82. The van der Waals surface area contributed by atoms with Crippen LogP contribution in [0.4, 0.5) is 0 Å². The molecule has 0 aliphatic heterocycles. The van der Waals surface area contributed by atoms with Crippen molar-refractivity contribution in [3.63, 3.8) is 0 Å². The Morgan fingerprint density at radius 1 is 1.43 bits per heavy atom. The number of hydrogen-bond donors (Lipinski definition) is 0. The summed E-state index contributed by atoms with van der Waals surface area (Å²) in [6.45, 7) is 9.75. The third kappa shape index (κ3) is 7.25. The molecule has 0 aliphatic carbocycles. The van der Waals surface area contributed by atoms with Crippen LogP contribution in [0.2, 0.25) is 0 Å². The molecule has 3 heteroatoms. The molecule has 0 aromatic rings. The Hall–Kier alpha value is -0.180. The molecule has 14 heavy (non-hydrogen) atoms. The van der Waals surface area contributed by atoms with Gasteiger partial charge in [-0.05, 0) is 39.9 Å². The van der Waals surface area contributed by atoms with Crippen LogP contribution >= 0.6 is 11.8 Å². The van der Waals surface area contributed by atoms with E-state index in [1.165, 1.54) is 6.42 Å². The molecule has 0 spiro atoms. The summed E-state index contributed by atoms with van der Waals surface area (Å²) >= 11 is 1.68. The Kier molecular flexibility index (Phi) is 6.25. The van der Waals surface area contributed by atoms with Crippen LogP contribution in [-0.2, 0) is 9.53 Å². The highest BCUT2D eigenvalue weighted by Crippen LogP contribution is 2.17. The summed E-state index contributed by atoms with van der Waals surface area (Å²) in [4.78, 5) is 11.5. The van der Waals surface area contributed by atoms with Gasteiger partial charge in [0.15, 0.2) is 0 Å². The molecule has 1 atom stereocenters. The first-order valence-electron chi connectivity index (χ1n) is 5.21. The molecule has 0 saturated carbocycles. The summed E-state index contributed by atoms with van der Waals surface area (Å²) in [6, 6.07) is 0. The molecule has 0 radical (unpaired) electrons. The first-order chi connectivity index (χ1) is 6.37. The van der Waals surface area contributed by atoms with Gasteiger partial charge in [-0.2, -0.15) is 0 Å². The molecule has 0 aliphatic rings. The standard InChI is InChI=1S/C11H22O2S/c1-6-7-8-14-9(2)10(12)13-11(3,4)5/h9H,6-8H2,1-5H3. The Balaban J connectivity index is 3.77. The van der Waals surface area contributed by atoms with Gasteiger partial charge < -0.3 is 4.74 Å². The lowest BCUT2D eigenvalue weighted by molar-refractivity contribution is -0.153. The van der Waals surface area contributed by atoms with Gasteiger partial charge in [-0.15, -0.1) is 11.8 Å². The zero-order valence-corrected chi connectivity index (χ0v) is 10.7. The first-order valence-corrected chi connectivity index (χ1v) is 6.26. The van der Waals surface area contributed by atoms with Gasteiger partial charge in [-0.25, -0.2) is 0 Å². The molecule has 0 rings (SSSR count). The number of carbonyl (C=O) groups excluding carboxylic acids is 1. The molecule has 1 unspecified atom stereocenters. The molecule has 0 amide bonds. The number of rotatable bonds is 5. The van der Waals surface area contributed by atoms with Crippen molar-refractivity contribution >= 4 is 17.7 Å². The van der Waals surface area contributed by atoms with E-state index in [9.17, 15) is 4.79 Å². The van der Waals surface area contributed by atoms with Crippen molar-refractivity contribution < 1.29 is 9.53 Å². The van der Waals surface area contributed by atoms with Crippen LogP contribution in [0.15, 0.2) is 0 Å². The summed E-state index contributed by atoms with van der Waals surface area (Å²) in [6.07, 6.45) is 2.34. The predicted molar refractivity (Wildman–Crippen MR) is 62.7 cm³/mol. The maximum atomic E-state index is 11.5. The minimum Gasteiger partial charge on any atom is -0.459 e. The average molecular weight is 218 g/mol. The maximum absolute atomic E-state index is 11.5. The van der Waals surface area contributed by atoms with Gasteiger partial charge in [-0.3, -0.25) is 4.79 Å². The van der Waals surface area contributed by atoms with Crippen molar-refractivity contribution in [3.05, 3.63) is 0 Å². The fraction of sp³-hybridized carbons (Fsp3) is 0.909. The molecule has 0 fully saturated rings. The van der Waals surface area contributed by atoms with E-state index < -0.39 is 0 Å². The number of hydrogen-bond acceptors (Lipinski definition) is 3. The van der Waals surface area contributed by atoms with E-state index in [0.29, 0.717) is 0 Å². The summed E-state index contributed by atoms with van der Waals surface area (Å²) in [5.41, 5.74) is -0.364. The minimum absolute atomic E-state index is 0.0409. The van der Waals surface area contributed by atoms with E-state index in [2.05, 4.69) is 6.92 Å². The van der Waals surface area contributed by atoms with Crippen LogP contribution in [0.1, 0.15) is 47.5 Å². The summed E-state index contributed by atoms with van der Waals surface area (Å²) < 4.78 is 5.27. The Morgan fingerprint density at radius 3 is 2.43 bits per heavy atom. The minimum atomic E-state index is -0.364. The monoisotopic (exact) mass is 218 g/mol. The fourth-order valence-electron chi connectivity index (χ4n) is 0.857. The summed E-state index contributed by atoms with van der Waals surface area (Å²) in [7, 11) is 0. The highest BCUT2D eigenvalue weighted by molar-refractivity contribution is 8.00. The smallest absolute Gasteiger partial charge is 0.319 e. The van der Waals surface area contributed by atoms with Crippen molar-refractivity contribution in [3.8, 4) is 0 Å². The van der Waals surface area contributed by atoms with Gasteiger partial charge in [0.1, 0.15) is 5.60 Å². The maximum Gasteiger partial charge on any atom is 0.319 e. The Morgan fingerprint density at radius 2 is 2.00 bits per heavy atom. The van der Waals surface area contributed by atoms with Gasteiger partial charge in [0.2, 0.25) is 0 Å². The molecule has 0 heterocycles. The lowest BCUT2D eigenvalue weighted by Gasteiger charge is -2.21. The van der Waals surface area contributed by atoms with Crippen molar-refractivity contribution in [1.82, 2.24) is 0 Å². The van der Waals surface area contributed by atoms with E-state index in [0.717, 1.165) is 12.2 Å². The highest BCUT2D eigenvalue weighted by atomic mass is 32.2. The molecule has 0 aromatic heterocycles. The largest absolute Gasteiger partial charge is 0.459 e. The average Bonchev–Trinajstić information content (AvgIpc) is 2.01. The van der Waals surface area contributed by atoms with Crippen LogP contribution < -0.4 is 0 Å². The second-order valence-electron chi connectivity index (χ2n) is 4.40. The third-order valence-electron chi connectivity index (χ3n) is 1.60. The first kappa shape index (κ1) is 13.8. The van der Waals surface area contributed by atoms with E-state index in [1.54, 1.807) is 11.8 Å². The number of thioether (sulfide) groups is 1. The number of ether oxygens (including phenoxy) is 1. The van der Waals surface area contributed by atoms with E-state index >= 15 is 0 Å². The van der Waals surface area contributed by atoms with E-state index in [-0.39, 0.29) is 16.8 Å². The van der Waals surface area contributed by atoms with Crippen molar-refractivity contribution in [2.45, 2.75) is 58.3 Å².